The van der Waals surface area contributed by atoms with Crippen LogP contribution in [0.4, 0.5) is 0 Å². The van der Waals surface area contributed by atoms with Crippen LogP contribution >= 0.6 is 0 Å². The van der Waals surface area contributed by atoms with Crippen LogP contribution in [0.5, 0.6) is 0 Å². The summed E-state index contributed by atoms with van der Waals surface area (Å²) < 4.78 is 0. The van der Waals surface area contributed by atoms with Crippen molar-refractivity contribution in [2.75, 3.05) is 0 Å². The maximum atomic E-state index is 2.43. The molecule has 0 saturated carbocycles. The van der Waals surface area contributed by atoms with Crippen molar-refractivity contribution in [3.63, 3.8) is 0 Å². The molecule has 2 rings (SSSR count). The smallest absolute Gasteiger partial charge is 0.0480 e. The zero-order valence-corrected chi connectivity index (χ0v) is 20.8. The van der Waals surface area contributed by atoms with E-state index < -0.39 is 8.07 Å². The van der Waals surface area contributed by atoms with Gasteiger partial charge in [0, 0.05) is 47.1 Å². The van der Waals surface area contributed by atoms with Crippen LogP contribution in [0.1, 0.15) is 39.0 Å². The molecule has 0 saturated heterocycles. The summed E-state index contributed by atoms with van der Waals surface area (Å²) in [5, 5.41) is 0. The summed E-state index contributed by atoms with van der Waals surface area (Å²) in [6.07, 6.45) is 31.6. The summed E-state index contributed by atoms with van der Waals surface area (Å²) in [6, 6.07) is 1.35. The van der Waals surface area contributed by atoms with Crippen LogP contribution in [-0.4, -0.2) is 8.07 Å². The third kappa shape index (κ3) is 29.1. The Balaban J connectivity index is -0.000000330. The first-order valence-corrected chi connectivity index (χ1v) is 12.8. The summed E-state index contributed by atoms with van der Waals surface area (Å²) in [6.45, 7) is 9.54. The van der Waals surface area contributed by atoms with Gasteiger partial charge in [-0.1, -0.05) is 107 Å². The topological polar surface area (TPSA) is 0 Å². The van der Waals surface area contributed by atoms with Gasteiger partial charge in [-0.2, -0.15) is 0 Å². The molecule has 0 atom stereocenters. The number of allylic oxidation sites excluding steroid dienone is 10. The molecule has 0 aliphatic heterocycles. The quantitative estimate of drug-likeness (QED) is 0.302. The van der Waals surface area contributed by atoms with E-state index in [-0.39, 0.29) is 38.6 Å². The second-order valence-corrected chi connectivity index (χ2v) is 12.5. The summed E-state index contributed by atoms with van der Waals surface area (Å²) >= 11 is 0. The Morgan fingerprint density at radius 3 is 1.48 bits per heavy atom. The van der Waals surface area contributed by atoms with Crippen LogP contribution in [0.25, 0.3) is 0 Å². The molecule has 140 valence electrons. The van der Waals surface area contributed by atoms with Gasteiger partial charge in [-0.25, -0.2) is 0 Å². The molecule has 2 aliphatic carbocycles. The zero-order chi connectivity index (χ0) is 17.2. The molecule has 0 aromatic rings. The van der Waals surface area contributed by atoms with E-state index in [2.05, 4.69) is 38.7 Å². The molecule has 0 aromatic carbocycles. The molecular weight excluding hydrogens is 419 g/mol. The number of rotatable bonds is 7. The molecule has 0 bridgehead atoms. The number of halogens is 1. The largest absolute Gasteiger partial charge is 1.00 e. The van der Waals surface area contributed by atoms with Crippen LogP contribution in [0.2, 0.25) is 25.7 Å². The second-order valence-electron chi connectivity index (χ2n) is 7.01. The van der Waals surface area contributed by atoms with E-state index in [4.69, 9.17) is 0 Å². The van der Waals surface area contributed by atoms with Crippen molar-refractivity contribution in [1.29, 1.82) is 0 Å². The van der Waals surface area contributed by atoms with Crippen LogP contribution < -0.4 is 12.4 Å². The van der Waals surface area contributed by atoms with Crippen molar-refractivity contribution in [1.82, 2.24) is 0 Å². The maximum absolute atomic E-state index is 2.43. The molecule has 3 heteroatoms. The van der Waals surface area contributed by atoms with E-state index in [1.807, 2.05) is 61.4 Å². The molecule has 0 nitrogen and oxygen atoms in total. The average Bonchev–Trinajstić information content (AvgIpc) is 3.22. The van der Waals surface area contributed by atoms with Crippen LogP contribution in [0, 0.1) is 12.8 Å². The van der Waals surface area contributed by atoms with Gasteiger partial charge in [0.25, 0.3) is 0 Å². The fourth-order valence-electron chi connectivity index (χ4n) is 1.89. The Hall–Kier alpha value is 0.0900. The van der Waals surface area contributed by atoms with E-state index >= 15 is 0 Å². The molecule has 2 aliphatic rings. The Kier molecular flexibility index (Phi) is 26.4. The first-order chi connectivity index (χ1) is 11.1. The Bertz CT molecular complexity index is 359. The molecule has 0 N–H and O–H groups in total. The predicted molar refractivity (Wildman–Crippen MR) is 111 cm³/mol. The minimum absolute atomic E-state index is 0. The monoisotopic (exact) mass is 453 g/mol. The first-order valence-electron chi connectivity index (χ1n) is 9.04. The normalized spacial score (nSPS) is 13.6. The van der Waals surface area contributed by atoms with Gasteiger partial charge in [0.05, 0.1) is 0 Å². The van der Waals surface area contributed by atoms with Gasteiger partial charge < -0.3 is 12.4 Å². The van der Waals surface area contributed by atoms with Crippen LogP contribution in [0.15, 0.2) is 60.8 Å². The van der Waals surface area contributed by atoms with E-state index in [0.717, 1.165) is 0 Å². The Labute approximate surface area is 184 Å². The first kappa shape index (κ1) is 29.8. The standard InChI is InChI=1S/C12H26Si.2C5H5.ClH.Zr/c1-5-6-7-8-9-10-11-12-13(2,3)4;2*1-2-4-5-3-1;;/h10-11H,5-9,12H2,1-4H3;2*1-5H;1H;/p-1/b11-10+;;;;. The van der Waals surface area contributed by atoms with Crippen molar-refractivity contribution in [2.45, 2.75) is 64.7 Å². The Morgan fingerprint density at radius 2 is 1.16 bits per heavy atom. The molecule has 2 radical (unpaired) electrons. The Morgan fingerprint density at radius 1 is 0.680 bits per heavy atom. The van der Waals surface area contributed by atoms with Crippen molar-refractivity contribution >= 4 is 8.07 Å². The van der Waals surface area contributed by atoms with Gasteiger partial charge in [0.15, 0.2) is 0 Å². The van der Waals surface area contributed by atoms with Gasteiger partial charge in [-0.3, -0.25) is 0 Å². The van der Waals surface area contributed by atoms with Gasteiger partial charge in [0.2, 0.25) is 0 Å². The third-order valence-electron chi connectivity index (χ3n) is 3.23. The van der Waals surface area contributed by atoms with Gasteiger partial charge in [0.1, 0.15) is 0 Å². The third-order valence-corrected chi connectivity index (χ3v) is 4.69. The van der Waals surface area contributed by atoms with E-state index in [9.17, 15) is 0 Å². The molecule has 0 amide bonds. The molecule has 0 unspecified atom stereocenters. The number of unbranched alkanes of at least 4 members (excludes halogenated alkanes) is 4. The fourth-order valence-corrected chi connectivity index (χ4v) is 2.76. The zero-order valence-electron chi connectivity index (χ0n) is 16.5. The van der Waals surface area contributed by atoms with E-state index in [1.165, 1.54) is 38.1 Å². The summed E-state index contributed by atoms with van der Waals surface area (Å²) in [7, 11) is -0.819. The minimum atomic E-state index is -0.819. The molecule has 25 heavy (non-hydrogen) atoms. The van der Waals surface area contributed by atoms with Crippen molar-refractivity contribution in [3.05, 3.63) is 73.6 Å². The van der Waals surface area contributed by atoms with E-state index in [0.29, 0.717) is 0 Å². The van der Waals surface area contributed by atoms with Crippen LogP contribution in [-0.2, 0) is 26.2 Å². The van der Waals surface area contributed by atoms with Crippen LogP contribution in [0.3, 0.4) is 0 Å². The molecular formula is C22H36ClSiZr-. The van der Waals surface area contributed by atoms with E-state index in [1.54, 1.807) is 0 Å². The SMILES string of the molecule is CCCCCC/C=C/C[Si](C)(C)C.[CH]1C=CC=C1.[CH]1C=CC=C1.[Cl-].[Zr]. The maximum Gasteiger partial charge on any atom is 0.0480 e. The number of hydrogen-bond acceptors (Lipinski definition) is 0. The summed E-state index contributed by atoms with van der Waals surface area (Å²) in [4.78, 5) is 0. The molecule has 0 heterocycles. The van der Waals surface area contributed by atoms with Gasteiger partial charge in [-0.05, 0) is 18.9 Å². The van der Waals surface area contributed by atoms with Crippen molar-refractivity contribution in [3.8, 4) is 0 Å². The van der Waals surface area contributed by atoms with Gasteiger partial charge in [-0.15, -0.1) is 0 Å². The minimum Gasteiger partial charge on any atom is -1.00 e. The molecule has 0 aromatic heterocycles. The van der Waals surface area contributed by atoms with Crippen molar-refractivity contribution < 1.29 is 38.6 Å². The number of hydrogen-bond donors (Lipinski definition) is 0. The summed E-state index contributed by atoms with van der Waals surface area (Å²) in [5.41, 5.74) is 0. The van der Waals surface area contributed by atoms with Crippen molar-refractivity contribution in [2.24, 2.45) is 0 Å². The second kappa shape index (κ2) is 22.1. The molecule has 0 spiro atoms. The fraction of sp³-hybridized carbons (Fsp3) is 0.455. The molecule has 0 fully saturated rings. The summed E-state index contributed by atoms with van der Waals surface area (Å²) in [5.74, 6) is 0. The predicted octanol–water partition coefficient (Wildman–Crippen LogP) is 4.49. The average molecular weight is 455 g/mol. The van der Waals surface area contributed by atoms with Gasteiger partial charge >= 0.3 is 0 Å².